The lowest BCUT2D eigenvalue weighted by Crippen LogP contribution is -2.39. The van der Waals surface area contributed by atoms with E-state index in [-0.39, 0.29) is 12.2 Å². The Hall–Kier alpha value is -2.77. The topological polar surface area (TPSA) is 69.9 Å². The van der Waals surface area contributed by atoms with E-state index in [2.05, 4.69) is 56.2 Å². The van der Waals surface area contributed by atoms with Crippen LogP contribution >= 0.6 is 56.5 Å². The number of carbonyl (C=O) groups excluding carboxylic acids is 1. The van der Waals surface area contributed by atoms with Crippen LogP contribution < -0.4 is 19.6 Å². The number of carbonyl (C=O) groups is 1. The quantitative estimate of drug-likeness (QED) is 0.182. The van der Waals surface area contributed by atoms with Crippen molar-refractivity contribution in [2.45, 2.75) is 26.5 Å². The zero-order valence-corrected chi connectivity index (χ0v) is 26.3. The second-order valence-electron chi connectivity index (χ2n) is 8.82. The van der Waals surface area contributed by atoms with Crippen LogP contribution in [0, 0.1) is 7.14 Å². The van der Waals surface area contributed by atoms with Crippen LogP contribution in [0.15, 0.2) is 93.9 Å². The third-order valence-electron chi connectivity index (χ3n) is 6.17. The highest BCUT2D eigenvalue weighted by atomic mass is 127. The number of fused-ring (bicyclic) bond motifs is 1. The van der Waals surface area contributed by atoms with E-state index in [1.165, 1.54) is 11.3 Å². The molecular formula is C30H24I2N2O4S. The van der Waals surface area contributed by atoms with Crippen LogP contribution in [-0.2, 0) is 16.1 Å². The lowest BCUT2D eigenvalue weighted by atomic mass is 9.96. The maximum absolute atomic E-state index is 13.8. The first-order valence-corrected chi connectivity index (χ1v) is 15.2. The number of allylic oxidation sites excluding steroid dienone is 1. The molecule has 0 aliphatic carbocycles. The Bertz CT molecular complexity index is 1760. The molecule has 1 aliphatic heterocycles. The summed E-state index contributed by atoms with van der Waals surface area (Å²) in [5.74, 6) is 0.376. The standard InChI is InChI=1S/C30H24I2N2O4S/c1-3-37-29(36)26-18(2)33-30-34(27(26)21-10-5-4-6-11-21)28(35)25(39-30)15-19-8-7-9-20(14-19)17-38-24-13-12-22(31)16-23(24)32/h4-16,27H,3,17H2,1-2H3/b25-15-/t27-/m1/s1. The highest BCUT2D eigenvalue weighted by molar-refractivity contribution is 14.1. The maximum atomic E-state index is 13.8. The number of hydrogen-bond donors (Lipinski definition) is 0. The summed E-state index contributed by atoms with van der Waals surface area (Å²) in [5, 5.41) is 0. The van der Waals surface area contributed by atoms with Gasteiger partial charge in [0.1, 0.15) is 12.4 Å². The number of halogens is 2. The highest BCUT2D eigenvalue weighted by Crippen LogP contribution is 2.30. The molecule has 198 valence electrons. The van der Waals surface area contributed by atoms with Crippen LogP contribution in [-0.4, -0.2) is 17.1 Å². The van der Waals surface area contributed by atoms with E-state index in [1.54, 1.807) is 18.4 Å². The molecule has 5 rings (SSSR count). The van der Waals surface area contributed by atoms with E-state index >= 15 is 0 Å². The van der Waals surface area contributed by atoms with Crippen LogP contribution in [0.25, 0.3) is 6.08 Å². The van der Waals surface area contributed by atoms with Crippen molar-refractivity contribution in [2.75, 3.05) is 6.61 Å². The number of esters is 1. The molecule has 0 saturated carbocycles. The molecule has 1 aliphatic rings. The molecule has 1 atom stereocenters. The summed E-state index contributed by atoms with van der Waals surface area (Å²) in [6, 6.07) is 22.9. The van der Waals surface area contributed by atoms with Crippen molar-refractivity contribution in [3.8, 4) is 5.75 Å². The van der Waals surface area contributed by atoms with E-state index < -0.39 is 12.0 Å². The van der Waals surface area contributed by atoms with Crippen molar-refractivity contribution in [2.24, 2.45) is 4.99 Å². The Morgan fingerprint density at radius 2 is 1.87 bits per heavy atom. The van der Waals surface area contributed by atoms with Gasteiger partial charge in [-0.3, -0.25) is 9.36 Å². The number of aromatic nitrogens is 1. The number of thiazole rings is 1. The summed E-state index contributed by atoms with van der Waals surface area (Å²) < 4.78 is 15.8. The van der Waals surface area contributed by atoms with Gasteiger partial charge < -0.3 is 9.47 Å². The monoisotopic (exact) mass is 762 g/mol. The fourth-order valence-corrected chi connectivity index (χ4v) is 7.22. The van der Waals surface area contributed by atoms with Gasteiger partial charge in [-0.25, -0.2) is 9.79 Å². The Morgan fingerprint density at radius 1 is 1.08 bits per heavy atom. The minimum Gasteiger partial charge on any atom is -0.488 e. The maximum Gasteiger partial charge on any atom is 0.338 e. The Kier molecular flexibility index (Phi) is 8.67. The van der Waals surface area contributed by atoms with Crippen LogP contribution in [0.3, 0.4) is 0 Å². The third kappa shape index (κ3) is 6.04. The number of hydrogen-bond acceptors (Lipinski definition) is 6. The van der Waals surface area contributed by atoms with Gasteiger partial charge >= 0.3 is 5.97 Å². The third-order valence-corrected chi connectivity index (χ3v) is 8.67. The van der Waals surface area contributed by atoms with Gasteiger partial charge in [-0.1, -0.05) is 59.9 Å². The molecule has 1 aromatic heterocycles. The van der Waals surface area contributed by atoms with Crippen LogP contribution in [0.4, 0.5) is 0 Å². The number of benzene rings is 3. The van der Waals surface area contributed by atoms with Gasteiger partial charge in [0.2, 0.25) is 0 Å². The molecule has 6 nitrogen and oxygen atoms in total. The molecule has 0 radical (unpaired) electrons. The largest absolute Gasteiger partial charge is 0.488 e. The second kappa shape index (κ2) is 12.2. The molecule has 3 aromatic carbocycles. The first-order chi connectivity index (χ1) is 18.9. The molecular weight excluding hydrogens is 738 g/mol. The summed E-state index contributed by atoms with van der Waals surface area (Å²) in [6.07, 6.45) is 1.87. The predicted molar refractivity (Wildman–Crippen MR) is 169 cm³/mol. The molecule has 0 N–H and O–H groups in total. The average Bonchev–Trinajstić information content (AvgIpc) is 3.22. The molecule has 4 aromatic rings. The zero-order chi connectivity index (χ0) is 27.5. The molecule has 0 bridgehead atoms. The fourth-order valence-electron chi connectivity index (χ4n) is 4.42. The van der Waals surface area contributed by atoms with Gasteiger partial charge in [-0.05, 0) is 106 Å². The Balaban J connectivity index is 1.52. The van der Waals surface area contributed by atoms with E-state index in [9.17, 15) is 9.59 Å². The van der Waals surface area contributed by atoms with Gasteiger partial charge in [0.05, 0.1) is 32.0 Å². The summed E-state index contributed by atoms with van der Waals surface area (Å²) in [7, 11) is 0. The number of rotatable bonds is 7. The minimum absolute atomic E-state index is 0.197. The molecule has 0 fully saturated rings. The van der Waals surface area contributed by atoms with Gasteiger partial charge in [0.25, 0.3) is 5.56 Å². The lowest BCUT2D eigenvalue weighted by molar-refractivity contribution is -0.139. The molecule has 39 heavy (non-hydrogen) atoms. The van der Waals surface area contributed by atoms with Gasteiger partial charge in [0, 0.05) is 3.57 Å². The van der Waals surface area contributed by atoms with Crippen molar-refractivity contribution in [3.05, 3.63) is 128 Å². The van der Waals surface area contributed by atoms with Crippen LogP contribution in [0.5, 0.6) is 5.75 Å². The summed E-state index contributed by atoms with van der Waals surface area (Å²) in [6.45, 7) is 4.21. The van der Waals surface area contributed by atoms with Gasteiger partial charge in [-0.15, -0.1) is 0 Å². The summed E-state index contributed by atoms with van der Waals surface area (Å²) in [5.41, 5.74) is 3.44. The summed E-state index contributed by atoms with van der Waals surface area (Å²) in [4.78, 5) is 32.0. The molecule has 2 heterocycles. The fraction of sp³-hybridized carbons (Fsp3) is 0.167. The van der Waals surface area contributed by atoms with Crippen molar-refractivity contribution in [1.29, 1.82) is 0 Å². The van der Waals surface area contributed by atoms with E-state index in [4.69, 9.17) is 9.47 Å². The van der Waals surface area contributed by atoms with Crippen molar-refractivity contribution >= 4 is 68.6 Å². The SMILES string of the molecule is CCOC(=O)C1=C(C)N=c2s/c(=C\c3cccc(COc4ccc(I)cc4I)c3)c(=O)n2[C@@H]1c1ccccc1. The van der Waals surface area contributed by atoms with Crippen molar-refractivity contribution < 1.29 is 14.3 Å². The molecule has 0 amide bonds. The van der Waals surface area contributed by atoms with Crippen molar-refractivity contribution in [3.63, 3.8) is 0 Å². The predicted octanol–water partition coefficient (Wildman–Crippen LogP) is 5.59. The number of nitrogens with zero attached hydrogens (tertiary/aromatic N) is 2. The molecule has 0 unspecified atom stereocenters. The van der Waals surface area contributed by atoms with Crippen LogP contribution in [0.2, 0.25) is 0 Å². The first-order valence-electron chi connectivity index (χ1n) is 12.3. The van der Waals surface area contributed by atoms with E-state index in [1.807, 2.05) is 72.8 Å². The van der Waals surface area contributed by atoms with E-state index in [0.717, 1.165) is 29.6 Å². The number of ether oxygens (including phenoxy) is 2. The Morgan fingerprint density at radius 3 is 2.62 bits per heavy atom. The molecule has 0 spiro atoms. The Labute approximate surface area is 257 Å². The molecule has 9 heteroatoms. The normalized spacial score (nSPS) is 15.1. The van der Waals surface area contributed by atoms with E-state index in [0.29, 0.717) is 27.2 Å². The summed E-state index contributed by atoms with van der Waals surface area (Å²) >= 11 is 5.87. The smallest absolute Gasteiger partial charge is 0.338 e. The van der Waals surface area contributed by atoms with Gasteiger partial charge in [0.15, 0.2) is 4.80 Å². The zero-order valence-electron chi connectivity index (χ0n) is 21.2. The minimum atomic E-state index is -0.611. The average molecular weight is 762 g/mol. The second-order valence-corrected chi connectivity index (χ2v) is 12.2. The van der Waals surface area contributed by atoms with Gasteiger partial charge in [-0.2, -0.15) is 0 Å². The lowest BCUT2D eigenvalue weighted by Gasteiger charge is -2.24. The first kappa shape index (κ1) is 27.8. The highest BCUT2D eigenvalue weighted by Gasteiger charge is 2.33. The van der Waals surface area contributed by atoms with Crippen molar-refractivity contribution in [1.82, 2.24) is 4.57 Å². The molecule has 0 saturated heterocycles. The van der Waals surface area contributed by atoms with Crippen LogP contribution in [0.1, 0.15) is 36.6 Å².